The normalized spacial score (nSPS) is 10.3. The van der Waals surface area contributed by atoms with Crippen LogP contribution >= 0.6 is 11.6 Å². The van der Waals surface area contributed by atoms with Gasteiger partial charge in [-0.05, 0) is 30.3 Å². The van der Waals surface area contributed by atoms with Crippen LogP contribution in [-0.4, -0.2) is 5.91 Å². The first-order valence-corrected chi connectivity index (χ1v) is 6.13. The molecule has 6 heteroatoms. The third-order valence-electron chi connectivity index (χ3n) is 2.66. The molecule has 2 rings (SSSR count). The van der Waals surface area contributed by atoms with Gasteiger partial charge in [-0.1, -0.05) is 17.7 Å². The second kappa shape index (κ2) is 5.88. The van der Waals surface area contributed by atoms with E-state index in [4.69, 9.17) is 17.3 Å². The van der Waals surface area contributed by atoms with E-state index in [1.807, 2.05) is 0 Å². The lowest BCUT2D eigenvalue weighted by atomic mass is 10.1. The van der Waals surface area contributed by atoms with Crippen LogP contribution in [0.1, 0.15) is 5.56 Å². The van der Waals surface area contributed by atoms with E-state index >= 15 is 0 Å². The van der Waals surface area contributed by atoms with E-state index in [-0.39, 0.29) is 22.7 Å². The third-order valence-corrected chi connectivity index (χ3v) is 3.02. The zero-order chi connectivity index (χ0) is 14.7. The van der Waals surface area contributed by atoms with Crippen LogP contribution in [-0.2, 0) is 11.2 Å². The number of nitrogens with one attached hydrogen (secondary N) is 1. The number of carbonyl (C=O) groups is 1. The first kappa shape index (κ1) is 14.3. The van der Waals surface area contributed by atoms with Crippen molar-refractivity contribution in [1.29, 1.82) is 0 Å². The van der Waals surface area contributed by atoms with Crippen molar-refractivity contribution < 1.29 is 13.6 Å². The maximum Gasteiger partial charge on any atom is 0.229 e. The average Bonchev–Trinajstić information content (AvgIpc) is 2.38. The van der Waals surface area contributed by atoms with Crippen molar-refractivity contribution in [1.82, 2.24) is 0 Å². The average molecular weight is 297 g/mol. The Morgan fingerprint density at radius 3 is 2.65 bits per heavy atom. The lowest BCUT2D eigenvalue weighted by molar-refractivity contribution is -0.115. The molecule has 0 heterocycles. The zero-order valence-corrected chi connectivity index (χ0v) is 11.0. The predicted molar refractivity (Wildman–Crippen MR) is 74.6 cm³/mol. The Kier molecular flexibility index (Phi) is 4.20. The van der Waals surface area contributed by atoms with Gasteiger partial charge in [-0.3, -0.25) is 4.79 Å². The molecule has 0 bridgehead atoms. The number of hydrogen-bond acceptors (Lipinski definition) is 2. The summed E-state index contributed by atoms with van der Waals surface area (Å²) in [4.78, 5) is 11.8. The summed E-state index contributed by atoms with van der Waals surface area (Å²) >= 11 is 5.82. The molecule has 1 amide bonds. The van der Waals surface area contributed by atoms with E-state index in [2.05, 4.69) is 5.32 Å². The Morgan fingerprint density at radius 1 is 1.20 bits per heavy atom. The summed E-state index contributed by atoms with van der Waals surface area (Å²) in [5.74, 6) is -1.78. The molecule has 0 saturated heterocycles. The highest BCUT2D eigenvalue weighted by atomic mass is 35.5. The standard InChI is InChI=1S/C14H11ClF2N2O/c15-10-2-1-3-11(16)9(10)7-14(20)19-13-6-8(18)4-5-12(13)17/h1-6H,7,18H2,(H,19,20). The summed E-state index contributed by atoms with van der Waals surface area (Å²) in [5, 5.41) is 2.48. The van der Waals surface area contributed by atoms with Gasteiger partial charge in [0.2, 0.25) is 5.91 Å². The molecule has 104 valence electrons. The van der Waals surface area contributed by atoms with Crippen molar-refractivity contribution in [3.8, 4) is 0 Å². The van der Waals surface area contributed by atoms with Crippen LogP contribution in [0.5, 0.6) is 0 Å². The molecular weight excluding hydrogens is 286 g/mol. The van der Waals surface area contributed by atoms with Crippen LogP contribution in [0.15, 0.2) is 36.4 Å². The lowest BCUT2D eigenvalue weighted by Crippen LogP contribution is -2.16. The number of nitrogen functional groups attached to an aromatic ring is 1. The highest BCUT2D eigenvalue weighted by Gasteiger charge is 2.13. The van der Waals surface area contributed by atoms with E-state index in [0.29, 0.717) is 5.69 Å². The van der Waals surface area contributed by atoms with Gasteiger partial charge in [0.05, 0.1) is 12.1 Å². The van der Waals surface area contributed by atoms with Crippen LogP contribution in [0.4, 0.5) is 20.2 Å². The second-order valence-corrected chi connectivity index (χ2v) is 4.57. The topological polar surface area (TPSA) is 55.1 Å². The maximum absolute atomic E-state index is 13.5. The van der Waals surface area contributed by atoms with E-state index in [1.165, 1.54) is 30.3 Å². The number of halogens is 3. The smallest absolute Gasteiger partial charge is 0.229 e. The summed E-state index contributed by atoms with van der Waals surface area (Å²) in [7, 11) is 0. The van der Waals surface area contributed by atoms with Gasteiger partial charge >= 0.3 is 0 Å². The molecule has 0 saturated carbocycles. The van der Waals surface area contributed by atoms with Gasteiger partial charge in [0.15, 0.2) is 0 Å². The fourth-order valence-electron chi connectivity index (χ4n) is 1.69. The lowest BCUT2D eigenvalue weighted by Gasteiger charge is -2.09. The summed E-state index contributed by atoms with van der Waals surface area (Å²) in [6, 6.07) is 7.93. The number of rotatable bonds is 3. The number of nitrogens with two attached hydrogens (primary N) is 1. The number of hydrogen-bond donors (Lipinski definition) is 2. The Bertz CT molecular complexity index is 641. The molecule has 0 aliphatic carbocycles. The van der Waals surface area contributed by atoms with Gasteiger partial charge in [-0.15, -0.1) is 0 Å². The predicted octanol–water partition coefficient (Wildman–Crippen LogP) is 3.38. The molecule has 0 unspecified atom stereocenters. The maximum atomic E-state index is 13.5. The van der Waals surface area contributed by atoms with Gasteiger partial charge in [0.25, 0.3) is 0 Å². The van der Waals surface area contributed by atoms with Crippen molar-refractivity contribution in [2.24, 2.45) is 0 Å². The highest BCUT2D eigenvalue weighted by molar-refractivity contribution is 6.31. The van der Waals surface area contributed by atoms with Gasteiger partial charge < -0.3 is 11.1 Å². The van der Waals surface area contributed by atoms with Crippen LogP contribution in [0.3, 0.4) is 0 Å². The minimum atomic E-state index is -0.618. The van der Waals surface area contributed by atoms with Gasteiger partial charge in [0.1, 0.15) is 11.6 Å². The molecule has 0 aliphatic heterocycles. The zero-order valence-electron chi connectivity index (χ0n) is 10.3. The van der Waals surface area contributed by atoms with Crippen molar-refractivity contribution in [2.45, 2.75) is 6.42 Å². The molecule has 0 aliphatic rings. The molecule has 0 atom stereocenters. The first-order chi connectivity index (χ1) is 9.47. The van der Waals surface area contributed by atoms with Crippen molar-refractivity contribution in [3.63, 3.8) is 0 Å². The fourth-order valence-corrected chi connectivity index (χ4v) is 1.92. The van der Waals surface area contributed by atoms with Gasteiger partial charge in [0, 0.05) is 16.3 Å². The molecule has 0 radical (unpaired) electrons. The number of anilines is 2. The molecule has 0 fully saturated rings. The van der Waals surface area contributed by atoms with Crippen molar-refractivity contribution >= 4 is 28.9 Å². The van der Waals surface area contributed by atoms with Crippen LogP contribution in [0, 0.1) is 11.6 Å². The minimum Gasteiger partial charge on any atom is -0.399 e. The van der Waals surface area contributed by atoms with E-state index in [1.54, 1.807) is 0 Å². The van der Waals surface area contributed by atoms with Crippen LogP contribution in [0.2, 0.25) is 5.02 Å². The number of carbonyl (C=O) groups excluding carboxylic acids is 1. The van der Waals surface area contributed by atoms with Gasteiger partial charge in [-0.25, -0.2) is 8.78 Å². The molecular formula is C14H11ClF2N2O. The van der Waals surface area contributed by atoms with E-state index in [9.17, 15) is 13.6 Å². The molecule has 0 aromatic heterocycles. The molecule has 2 aromatic carbocycles. The van der Waals surface area contributed by atoms with Crippen molar-refractivity contribution in [2.75, 3.05) is 11.1 Å². The quantitative estimate of drug-likeness (QED) is 0.853. The Balaban J connectivity index is 2.15. The SMILES string of the molecule is Nc1ccc(F)c(NC(=O)Cc2c(F)cccc2Cl)c1. The molecule has 2 aromatic rings. The highest BCUT2D eigenvalue weighted by Crippen LogP contribution is 2.21. The Hall–Kier alpha value is -2.14. The van der Waals surface area contributed by atoms with Crippen LogP contribution in [0.25, 0.3) is 0 Å². The van der Waals surface area contributed by atoms with E-state index in [0.717, 1.165) is 6.07 Å². The summed E-state index contributed by atoms with van der Waals surface area (Å²) in [6.07, 6.45) is -0.292. The molecule has 3 nitrogen and oxygen atoms in total. The number of amides is 1. The molecule has 3 N–H and O–H groups in total. The van der Waals surface area contributed by atoms with Crippen molar-refractivity contribution in [3.05, 3.63) is 58.6 Å². The Labute approximate surface area is 119 Å². The monoisotopic (exact) mass is 296 g/mol. The summed E-state index contributed by atoms with van der Waals surface area (Å²) in [5.41, 5.74) is 5.83. The largest absolute Gasteiger partial charge is 0.399 e. The van der Waals surface area contributed by atoms with Crippen LogP contribution < -0.4 is 11.1 Å². The van der Waals surface area contributed by atoms with E-state index < -0.39 is 17.5 Å². The first-order valence-electron chi connectivity index (χ1n) is 5.75. The number of benzene rings is 2. The summed E-state index contributed by atoms with van der Waals surface area (Å²) < 4.78 is 27.0. The molecule has 20 heavy (non-hydrogen) atoms. The van der Waals surface area contributed by atoms with Gasteiger partial charge in [-0.2, -0.15) is 0 Å². The fraction of sp³-hybridized carbons (Fsp3) is 0.0714. The third kappa shape index (κ3) is 3.24. The Morgan fingerprint density at radius 2 is 1.95 bits per heavy atom. The second-order valence-electron chi connectivity index (χ2n) is 4.16. The summed E-state index contributed by atoms with van der Waals surface area (Å²) in [6.45, 7) is 0. The minimum absolute atomic E-state index is 0.0533. The molecule has 0 spiro atoms.